The van der Waals surface area contributed by atoms with Gasteiger partial charge in [0.15, 0.2) is 5.17 Å². The van der Waals surface area contributed by atoms with E-state index in [0.717, 1.165) is 27.6 Å². The molecule has 30 heavy (non-hydrogen) atoms. The Morgan fingerprint density at radius 3 is 2.87 bits per heavy atom. The molecule has 1 saturated heterocycles. The molecule has 4 nitrogen and oxygen atoms in total. The average Bonchev–Trinajstić information content (AvgIpc) is 3.40. The number of thioether (sulfide) groups is 1. The molecule has 1 fully saturated rings. The van der Waals surface area contributed by atoms with Crippen molar-refractivity contribution in [2.45, 2.75) is 0 Å². The lowest BCUT2D eigenvalue weighted by Gasteiger charge is -2.03. The summed E-state index contributed by atoms with van der Waals surface area (Å²) in [7, 11) is 0. The van der Waals surface area contributed by atoms with Crippen LogP contribution in [0.15, 0.2) is 81.5 Å². The molecule has 3 heterocycles. The first-order valence-electron chi connectivity index (χ1n) is 9.12. The highest BCUT2D eigenvalue weighted by Crippen LogP contribution is 2.34. The number of hydrogen-bond donors (Lipinski definition) is 1. The molecule has 2 aromatic carbocycles. The molecule has 1 aliphatic rings. The van der Waals surface area contributed by atoms with E-state index in [1.165, 1.54) is 11.8 Å². The summed E-state index contributed by atoms with van der Waals surface area (Å²) in [6, 6.07) is 17.6. The quantitative estimate of drug-likeness (QED) is 0.364. The van der Waals surface area contributed by atoms with Gasteiger partial charge in [0.25, 0.3) is 5.91 Å². The number of thiophene rings is 1. The van der Waals surface area contributed by atoms with Gasteiger partial charge in [-0.25, -0.2) is 4.99 Å². The van der Waals surface area contributed by atoms with Crippen molar-refractivity contribution in [1.82, 2.24) is 10.3 Å². The predicted molar refractivity (Wildman–Crippen MR) is 127 cm³/mol. The van der Waals surface area contributed by atoms with Crippen molar-refractivity contribution in [3.8, 4) is 11.1 Å². The van der Waals surface area contributed by atoms with Gasteiger partial charge in [-0.1, -0.05) is 29.8 Å². The maximum absolute atomic E-state index is 12.5. The Kier molecular flexibility index (Phi) is 5.12. The van der Waals surface area contributed by atoms with Gasteiger partial charge in [0.05, 0.1) is 21.1 Å². The summed E-state index contributed by atoms with van der Waals surface area (Å²) in [6.45, 7) is 0. The number of benzene rings is 2. The second-order valence-corrected chi connectivity index (χ2v) is 8.83. The molecule has 0 unspecified atom stereocenters. The van der Waals surface area contributed by atoms with Crippen molar-refractivity contribution >= 4 is 68.4 Å². The van der Waals surface area contributed by atoms with Crippen molar-refractivity contribution in [3.63, 3.8) is 0 Å². The molecule has 0 aliphatic carbocycles. The summed E-state index contributed by atoms with van der Waals surface area (Å²) in [5, 5.41) is 9.01. The Morgan fingerprint density at radius 1 is 1.07 bits per heavy atom. The van der Waals surface area contributed by atoms with E-state index in [1.807, 2.05) is 60.0 Å². The fourth-order valence-corrected chi connectivity index (χ4v) is 4.79. The number of pyridine rings is 1. The molecule has 1 amide bonds. The second-order valence-electron chi connectivity index (χ2n) is 6.62. The Balaban J connectivity index is 1.44. The summed E-state index contributed by atoms with van der Waals surface area (Å²) in [5.41, 5.74) is 4.64. The summed E-state index contributed by atoms with van der Waals surface area (Å²) in [6.07, 6.45) is 3.63. The normalized spacial score (nSPS) is 16.5. The number of carbonyl (C=O) groups is 1. The number of amides is 1. The molecule has 146 valence electrons. The molecule has 0 bridgehead atoms. The van der Waals surface area contributed by atoms with Gasteiger partial charge in [-0.2, -0.15) is 11.3 Å². The molecule has 5 rings (SSSR count). The van der Waals surface area contributed by atoms with Crippen LogP contribution >= 0.6 is 34.7 Å². The SMILES string of the molecule is O=C1NC(=Nc2cc(-c3ccsc3)ccc2Cl)SC1=Cc1ccc2ncccc2c1. The minimum atomic E-state index is -0.171. The number of fused-ring (bicyclic) bond motifs is 1. The molecular formula is C23H14ClN3OS2. The van der Waals surface area contributed by atoms with Crippen LogP contribution in [0.2, 0.25) is 5.02 Å². The number of nitrogens with zero attached hydrogens (tertiary/aromatic N) is 2. The summed E-state index contributed by atoms with van der Waals surface area (Å²) in [5.74, 6) is -0.171. The van der Waals surface area contributed by atoms with E-state index in [-0.39, 0.29) is 5.91 Å². The summed E-state index contributed by atoms with van der Waals surface area (Å²) in [4.78, 5) is 22.0. The fourth-order valence-electron chi connectivity index (χ4n) is 3.13. The highest BCUT2D eigenvalue weighted by Gasteiger charge is 2.24. The number of aromatic nitrogens is 1. The van der Waals surface area contributed by atoms with Crippen LogP contribution in [0.3, 0.4) is 0 Å². The third-order valence-electron chi connectivity index (χ3n) is 4.60. The minimum Gasteiger partial charge on any atom is -0.300 e. The van der Waals surface area contributed by atoms with Crippen LogP contribution < -0.4 is 5.32 Å². The van der Waals surface area contributed by atoms with E-state index < -0.39 is 0 Å². The summed E-state index contributed by atoms with van der Waals surface area (Å²) >= 11 is 9.29. The third kappa shape index (κ3) is 3.89. The van der Waals surface area contributed by atoms with Crippen LogP contribution in [-0.2, 0) is 4.79 Å². The maximum Gasteiger partial charge on any atom is 0.264 e. The van der Waals surface area contributed by atoms with Crippen molar-refractivity contribution < 1.29 is 4.79 Å². The van der Waals surface area contributed by atoms with Crippen LogP contribution in [0.5, 0.6) is 0 Å². The van der Waals surface area contributed by atoms with Crippen molar-refractivity contribution in [2.75, 3.05) is 0 Å². The van der Waals surface area contributed by atoms with E-state index >= 15 is 0 Å². The van der Waals surface area contributed by atoms with Gasteiger partial charge in [0, 0.05) is 11.6 Å². The molecule has 7 heteroatoms. The van der Waals surface area contributed by atoms with Crippen LogP contribution in [-0.4, -0.2) is 16.1 Å². The van der Waals surface area contributed by atoms with Gasteiger partial charge in [0.2, 0.25) is 0 Å². The zero-order chi connectivity index (χ0) is 20.5. The fraction of sp³-hybridized carbons (Fsp3) is 0. The lowest BCUT2D eigenvalue weighted by molar-refractivity contribution is -0.115. The standard InChI is InChI=1S/C23H14ClN3OS2/c24-18-5-4-15(17-7-9-29-13-17)12-20(18)26-23-27-22(28)21(30-23)11-14-3-6-19-16(10-14)2-1-8-25-19/h1-13H,(H,26,27,28). The smallest absolute Gasteiger partial charge is 0.264 e. The van der Waals surface area contributed by atoms with Gasteiger partial charge in [-0.15, -0.1) is 0 Å². The van der Waals surface area contributed by atoms with E-state index in [0.29, 0.717) is 20.8 Å². The number of hydrogen-bond acceptors (Lipinski definition) is 5. The largest absolute Gasteiger partial charge is 0.300 e. The van der Waals surface area contributed by atoms with Gasteiger partial charge in [-0.05, 0) is 81.7 Å². The molecule has 4 aromatic rings. The average molecular weight is 448 g/mol. The number of amidine groups is 1. The maximum atomic E-state index is 12.5. The molecule has 0 spiro atoms. The van der Waals surface area contributed by atoms with E-state index in [2.05, 4.69) is 26.7 Å². The molecule has 0 saturated carbocycles. The first-order chi connectivity index (χ1) is 14.7. The number of aliphatic imine (C=N–C) groups is 1. The molecule has 1 aliphatic heterocycles. The lowest BCUT2D eigenvalue weighted by Crippen LogP contribution is -2.19. The van der Waals surface area contributed by atoms with Crippen LogP contribution in [0.4, 0.5) is 5.69 Å². The summed E-state index contributed by atoms with van der Waals surface area (Å²) < 4.78 is 0. The van der Waals surface area contributed by atoms with E-state index in [1.54, 1.807) is 17.5 Å². The van der Waals surface area contributed by atoms with Crippen molar-refractivity contribution in [3.05, 3.63) is 87.0 Å². The third-order valence-corrected chi connectivity index (χ3v) is 6.51. The number of rotatable bonds is 3. The first-order valence-corrected chi connectivity index (χ1v) is 11.3. The molecule has 1 N–H and O–H groups in total. The van der Waals surface area contributed by atoms with E-state index in [4.69, 9.17) is 11.6 Å². The monoisotopic (exact) mass is 447 g/mol. The predicted octanol–water partition coefficient (Wildman–Crippen LogP) is 6.51. The van der Waals surface area contributed by atoms with E-state index in [9.17, 15) is 4.79 Å². The zero-order valence-electron chi connectivity index (χ0n) is 15.5. The van der Waals surface area contributed by atoms with Crippen LogP contribution in [0.1, 0.15) is 5.56 Å². The molecule has 0 radical (unpaired) electrons. The Morgan fingerprint density at radius 2 is 2.00 bits per heavy atom. The highest BCUT2D eigenvalue weighted by atomic mass is 35.5. The van der Waals surface area contributed by atoms with Gasteiger partial charge >= 0.3 is 0 Å². The number of nitrogens with one attached hydrogen (secondary N) is 1. The van der Waals surface area contributed by atoms with Gasteiger partial charge in [0.1, 0.15) is 0 Å². The minimum absolute atomic E-state index is 0.171. The Bertz CT molecular complexity index is 1330. The molecular weight excluding hydrogens is 434 g/mol. The first kappa shape index (κ1) is 19.1. The van der Waals surface area contributed by atoms with Gasteiger partial charge in [-0.3, -0.25) is 9.78 Å². The molecule has 0 atom stereocenters. The Hall–Kier alpha value is -2.93. The van der Waals surface area contributed by atoms with Crippen molar-refractivity contribution in [1.29, 1.82) is 0 Å². The second kappa shape index (κ2) is 8.07. The lowest BCUT2D eigenvalue weighted by atomic mass is 10.1. The van der Waals surface area contributed by atoms with Gasteiger partial charge < -0.3 is 5.32 Å². The van der Waals surface area contributed by atoms with Crippen molar-refractivity contribution in [2.24, 2.45) is 4.99 Å². The highest BCUT2D eigenvalue weighted by molar-refractivity contribution is 8.18. The van der Waals surface area contributed by atoms with Crippen LogP contribution in [0, 0.1) is 0 Å². The molecule has 2 aromatic heterocycles. The zero-order valence-corrected chi connectivity index (χ0v) is 17.9. The number of carbonyl (C=O) groups excluding carboxylic acids is 1. The number of halogens is 1. The topological polar surface area (TPSA) is 54.4 Å². The van der Waals surface area contributed by atoms with Crippen LogP contribution in [0.25, 0.3) is 28.1 Å². The Labute approximate surface area is 186 Å².